The molecule has 0 aromatic heterocycles. The summed E-state index contributed by atoms with van der Waals surface area (Å²) in [6.45, 7) is 3.38. The molecular formula is C60H52O6. The van der Waals surface area contributed by atoms with E-state index in [1.807, 2.05) is 0 Å². The Balaban J connectivity index is 1.24. The molecule has 0 unspecified atom stereocenters. The SMILES string of the molecule is c1ccc(-c2cc3c4c(c2)Cc2cc(-c5ccccc5)cc5c2OCCOCCOc2c(cc(-c6ccccc6)cc2Cc2cc(-c6ccccc6)cc(c2OCCOCCO4)C3)C5)cc1. The van der Waals surface area contributed by atoms with Gasteiger partial charge < -0.3 is 28.4 Å². The van der Waals surface area contributed by atoms with Gasteiger partial charge in [-0.05, 0) is 138 Å². The van der Waals surface area contributed by atoms with Crippen LogP contribution in [-0.4, -0.2) is 52.9 Å². The van der Waals surface area contributed by atoms with Crippen LogP contribution in [0.25, 0.3) is 44.5 Å². The minimum atomic E-state index is 0.407. The van der Waals surface area contributed by atoms with Crippen molar-refractivity contribution < 1.29 is 28.4 Å². The molecule has 2 aliphatic heterocycles. The first-order chi connectivity index (χ1) is 32.7. The van der Waals surface area contributed by atoms with Crippen LogP contribution in [0.3, 0.4) is 0 Å². The first-order valence-corrected chi connectivity index (χ1v) is 23.2. The summed E-state index contributed by atoms with van der Waals surface area (Å²) >= 11 is 0. The summed E-state index contributed by atoms with van der Waals surface area (Å²) < 4.78 is 40.3. The Morgan fingerprint density at radius 3 is 0.606 bits per heavy atom. The van der Waals surface area contributed by atoms with Gasteiger partial charge in [-0.2, -0.15) is 0 Å². The van der Waals surface area contributed by atoms with Gasteiger partial charge in [-0.15, -0.1) is 0 Å². The molecule has 0 amide bonds. The summed E-state index contributed by atoms with van der Waals surface area (Å²) in [6, 6.07) is 61.2. The predicted octanol–water partition coefficient (Wildman–Crippen LogP) is 12.6. The van der Waals surface area contributed by atoms with Crippen LogP contribution in [0.15, 0.2) is 170 Å². The highest BCUT2D eigenvalue weighted by atomic mass is 16.6. The molecule has 11 rings (SSSR count). The maximum atomic E-state index is 6.97. The normalized spacial score (nSPS) is 14.9. The zero-order chi connectivity index (χ0) is 44.1. The van der Waals surface area contributed by atoms with Gasteiger partial charge in [-0.3, -0.25) is 0 Å². The van der Waals surface area contributed by atoms with E-state index in [1.54, 1.807) is 0 Å². The first kappa shape index (κ1) is 41.6. The number of hydrogen-bond acceptors (Lipinski definition) is 6. The van der Waals surface area contributed by atoms with E-state index in [0.717, 1.165) is 112 Å². The van der Waals surface area contributed by atoms with E-state index < -0.39 is 0 Å². The average molecular weight is 869 g/mol. The van der Waals surface area contributed by atoms with E-state index in [4.69, 9.17) is 28.4 Å². The van der Waals surface area contributed by atoms with E-state index in [9.17, 15) is 0 Å². The fraction of sp³-hybridized carbons (Fsp3) is 0.200. The van der Waals surface area contributed by atoms with Crippen LogP contribution in [0.2, 0.25) is 0 Å². The van der Waals surface area contributed by atoms with Gasteiger partial charge in [-0.1, -0.05) is 121 Å². The second-order valence-corrected chi connectivity index (χ2v) is 17.3. The van der Waals surface area contributed by atoms with Crippen LogP contribution >= 0.6 is 0 Å². The van der Waals surface area contributed by atoms with Gasteiger partial charge in [0.25, 0.3) is 0 Å². The van der Waals surface area contributed by atoms with Crippen LogP contribution in [0, 0.1) is 0 Å². The van der Waals surface area contributed by atoms with Crippen molar-refractivity contribution in [2.24, 2.45) is 0 Å². The molecule has 2 heterocycles. The zero-order valence-corrected chi connectivity index (χ0v) is 37.1. The lowest BCUT2D eigenvalue weighted by Crippen LogP contribution is -2.17. The lowest BCUT2D eigenvalue weighted by atomic mass is 9.86. The average Bonchev–Trinajstić information content (AvgIpc) is 3.35. The minimum Gasteiger partial charge on any atom is -0.491 e. The van der Waals surface area contributed by atoms with E-state index in [-0.39, 0.29) is 0 Å². The van der Waals surface area contributed by atoms with Gasteiger partial charge in [0.15, 0.2) is 0 Å². The van der Waals surface area contributed by atoms with Gasteiger partial charge in [0.05, 0.1) is 26.4 Å². The van der Waals surface area contributed by atoms with E-state index in [2.05, 4.69) is 170 Å². The predicted molar refractivity (Wildman–Crippen MR) is 262 cm³/mol. The monoisotopic (exact) mass is 868 g/mol. The molecule has 66 heavy (non-hydrogen) atoms. The molecule has 6 heteroatoms. The molecule has 12 bridgehead atoms. The molecule has 328 valence electrons. The Labute approximate surface area is 387 Å². The lowest BCUT2D eigenvalue weighted by Gasteiger charge is -2.26. The largest absolute Gasteiger partial charge is 0.491 e. The summed E-state index contributed by atoms with van der Waals surface area (Å²) in [4.78, 5) is 0. The van der Waals surface area contributed by atoms with Crippen molar-refractivity contribution in [3.8, 4) is 67.5 Å². The minimum absolute atomic E-state index is 0.407. The summed E-state index contributed by atoms with van der Waals surface area (Å²) in [5, 5.41) is 0. The molecule has 1 aliphatic carbocycles. The van der Waals surface area contributed by atoms with Gasteiger partial charge in [0, 0.05) is 25.7 Å². The van der Waals surface area contributed by atoms with Crippen LogP contribution in [0.1, 0.15) is 44.5 Å². The van der Waals surface area contributed by atoms with Crippen LogP contribution in [0.4, 0.5) is 0 Å². The molecule has 0 saturated heterocycles. The van der Waals surface area contributed by atoms with Gasteiger partial charge >= 0.3 is 0 Å². The zero-order valence-electron chi connectivity index (χ0n) is 37.1. The molecule has 8 aromatic carbocycles. The highest BCUT2D eigenvalue weighted by molar-refractivity contribution is 5.75. The van der Waals surface area contributed by atoms with Crippen molar-refractivity contribution in [3.63, 3.8) is 0 Å². The first-order valence-electron chi connectivity index (χ1n) is 23.2. The molecule has 0 spiro atoms. The number of benzene rings is 8. The van der Waals surface area contributed by atoms with Crippen molar-refractivity contribution in [2.75, 3.05) is 52.9 Å². The van der Waals surface area contributed by atoms with Gasteiger partial charge in [-0.25, -0.2) is 0 Å². The molecule has 0 radical (unpaired) electrons. The van der Waals surface area contributed by atoms with E-state index in [1.165, 1.54) is 0 Å². The van der Waals surface area contributed by atoms with Crippen molar-refractivity contribution >= 4 is 0 Å². The number of hydrogen-bond donors (Lipinski definition) is 0. The maximum absolute atomic E-state index is 6.97. The molecule has 8 aromatic rings. The molecule has 6 nitrogen and oxygen atoms in total. The summed E-state index contributed by atoms with van der Waals surface area (Å²) in [7, 11) is 0. The molecule has 0 N–H and O–H groups in total. The second kappa shape index (κ2) is 19.2. The van der Waals surface area contributed by atoms with Crippen LogP contribution in [-0.2, 0) is 35.2 Å². The Hall–Kier alpha value is -7.12. The summed E-state index contributed by atoms with van der Waals surface area (Å²) in [5.41, 5.74) is 17.7. The summed E-state index contributed by atoms with van der Waals surface area (Å²) in [6.07, 6.45) is 2.29. The third-order valence-electron chi connectivity index (χ3n) is 12.8. The van der Waals surface area contributed by atoms with E-state index >= 15 is 0 Å². The second-order valence-electron chi connectivity index (χ2n) is 17.3. The molecule has 0 saturated carbocycles. The van der Waals surface area contributed by atoms with Crippen LogP contribution < -0.4 is 18.9 Å². The fourth-order valence-electron chi connectivity index (χ4n) is 9.83. The van der Waals surface area contributed by atoms with Crippen molar-refractivity contribution in [3.05, 3.63) is 214 Å². The standard InChI is InChI=1S/C60H52O6/c1-5-13-41(14-6-1)45-29-49-37-50-30-46(42-15-7-2-8-16-42)35-55-40-56-36-48(44-19-11-4-12-20-44)32-52-38-51-31-47(43-17-9-3-10-18-43)34-54(59(51)65-27-23-62-24-28-66-60(52)56)39-53(33-45)57(49)63-25-21-61-22-26-64-58(50)55/h1-20,29-36H,21-28,37-40H2. The summed E-state index contributed by atoms with van der Waals surface area (Å²) in [5.74, 6) is 3.47. The third-order valence-corrected chi connectivity index (χ3v) is 12.8. The fourth-order valence-corrected chi connectivity index (χ4v) is 9.83. The highest BCUT2D eigenvalue weighted by Crippen LogP contribution is 2.44. The highest BCUT2D eigenvalue weighted by Gasteiger charge is 2.26. The quantitative estimate of drug-likeness (QED) is 0.176. The number of ether oxygens (including phenoxy) is 6. The van der Waals surface area contributed by atoms with E-state index in [0.29, 0.717) is 78.5 Å². The Bertz CT molecular complexity index is 2560. The van der Waals surface area contributed by atoms with Gasteiger partial charge in [0.1, 0.15) is 49.4 Å². The molecule has 3 aliphatic rings. The third kappa shape index (κ3) is 8.95. The lowest BCUT2D eigenvalue weighted by molar-refractivity contribution is 0.0744. The van der Waals surface area contributed by atoms with Crippen molar-refractivity contribution in [1.82, 2.24) is 0 Å². The molecule has 0 fully saturated rings. The maximum Gasteiger partial charge on any atom is 0.126 e. The Morgan fingerprint density at radius 2 is 0.409 bits per heavy atom. The van der Waals surface area contributed by atoms with Crippen LogP contribution in [0.5, 0.6) is 23.0 Å². The smallest absolute Gasteiger partial charge is 0.126 e. The van der Waals surface area contributed by atoms with Gasteiger partial charge in [0.2, 0.25) is 0 Å². The topological polar surface area (TPSA) is 55.4 Å². The van der Waals surface area contributed by atoms with Crippen molar-refractivity contribution in [1.29, 1.82) is 0 Å². The van der Waals surface area contributed by atoms with Crippen molar-refractivity contribution in [2.45, 2.75) is 25.7 Å². The molecular weight excluding hydrogens is 817 g/mol. The number of rotatable bonds is 4. The Kier molecular flexibility index (Phi) is 12.1. The molecule has 0 atom stereocenters. The Morgan fingerprint density at radius 1 is 0.212 bits per heavy atom.